The van der Waals surface area contributed by atoms with Crippen molar-refractivity contribution in [2.45, 2.75) is 32.4 Å². The highest BCUT2D eigenvalue weighted by Gasteiger charge is 2.32. The van der Waals surface area contributed by atoms with Crippen LogP contribution in [0.1, 0.15) is 30.9 Å². The first-order valence-corrected chi connectivity index (χ1v) is 5.30. The highest BCUT2D eigenvalue weighted by molar-refractivity contribution is 5.67. The Kier molecular flexibility index (Phi) is 4.16. The lowest BCUT2D eigenvalue weighted by Crippen LogP contribution is -2.09. The maximum Gasteiger partial charge on any atom is 0.416 e. The van der Waals surface area contributed by atoms with Gasteiger partial charge in [0.25, 0.3) is 0 Å². The molecule has 1 aromatic rings. The Labute approximate surface area is 93.8 Å². The number of aryl methyl sites for hydroxylation is 1. The third-order valence-electron chi connectivity index (χ3n) is 2.46. The number of unbranched alkanes of at least 4 members (excludes halogenated alkanes) is 1. The van der Waals surface area contributed by atoms with E-state index < -0.39 is 11.7 Å². The lowest BCUT2D eigenvalue weighted by molar-refractivity contribution is -0.0686. The van der Waals surface area contributed by atoms with Crippen LogP contribution in [0.15, 0.2) is 30.8 Å². The molecule has 0 amide bonds. The third-order valence-corrected chi connectivity index (χ3v) is 2.46. The fourth-order valence-electron chi connectivity index (χ4n) is 1.42. The number of benzene rings is 1. The molecule has 16 heavy (non-hydrogen) atoms. The average Bonchev–Trinajstić information content (AvgIpc) is 2.25. The van der Waals surface area contributed by atoms with Crippen LogP contribution in [-0.4, -0.2) is 6.18 Å². The number of rotatable bonds is 4. The van der Waals surface area contributed by atoms with Crippen LogP contribution in [0.25, 0.3) is 5.57 Å². The van der Waals surface area contributed by atoms with E-state index in [4.69, 9.17) is 0 Å². The van der Waals surface area contributed by atoms with Crippen molar-refractivity contribution in [3.05, 3.63) is 42.0 Å². The summed E-state index contributed by atoms with van der Waals surface area (Å²) in [5, 5.41) is 0. The normalized spacial score (nSPS) is 11.5. The molecule has 0 aliphatic rings. The minimum absolute atomic E-state index is 0.146. The Morgan fingerprint density at radius 1 is 1.19 bits per heavy atom. The summed E-state index contributed by atoms with van der Waals surface area (Å²) < 4.78 is 37.0. The van der Waals surface area contributed by atoms with E-state index >= 15 is 0 Å². The third kappa shape index (κ3) is 3.40. The monoisotopic (exact) mass is 228 g/mol. The molecule has 0 N–H and O–H groups in total. The Hall–Kier alpha value is -1.25. The Morgan fingerprint density at radius 3 is 2.19 bits per heavy atom. The van der Waals surface area contributed by atoms with Crippen LogP contribution in [-0.2, 0) is 6.42 Å². The first-order chi connectivity index (χ1) is 7.45. The number of allylic oxidation sites excluding steroid dienone is 1. The number of hydrogen-bond acceptors (Lipinski definition) is 0. The maximum atomic E-state index is 12.3. The van der Waals surface area contributed by atoms with E-state index in [1.165, 1.54) is 12.1 Å². The van der Waals surface area contributed by atoms with E-state index in [0.29, 0.717) is 0 Å². The summed E-state index contributed by atoms with van der Waals surface area (Å²) in [6.45, 7) is 5.15. The van der Waals surface area contributed by atoms with Gasteiger partial charge in [0.05, 0.1) is 5.57 Å². The van der Waals surface area contributed by atoms with Gasteiger partial charge in [0.2, 0.25) is 0 Å². The van der Waals surface area contributed by atoms with Crippen molar-refractivity contribution in [3.63, 3.8) is 0 Å². The molecule has 0 unspecified atom stereocenters. The van der Waals surface area contributed by atoms with Gasteiger partial charge in [-0.1, -0.05) is 44.2 Å². The second kappa shape index (κ2) is 5.19. The molecular formula is C13H15F3. The van der Waals surface area contributed by atoms with Gasteiger partial charge < -0.3 is 0 Å². The summed E-state index contributed by atoms with van der Waals surface area (Å²) in [6, 6.07) is 6.45. The standard InChI is InChI=1S/C13H15F3/c1-3-4-5-11-6-8-12(9-7-11)10(2)13(14,15)16/h6-9H,2-5H2,1H3. The average molecular weight is 228 g/mol. The van der Waals surface area contributed by atoms with Gasteiger partial charge in [0.15, 0.2) is 0 Å². The van der Waals surface area contributed by atoms with E-state index in [-0.39, 0.29) is 5.56 Å². The first-order valence-electron chi connectivity index (χ1n) is 5.30. The van der Waals surface area contributed by atoms with Gasteiger partial charge in [0, 0.05) is 0 Å². The second-order valence-corrected chi connectivity index (χ2v) is 3.78. The summed E-state index contributed by atoms with van der Waals surface area (Å²) in [7, 11) is 0. The minimum atomic E-state index is -4.34. The molecule has 0 aliphatic heterocycles. The van der Waals surface area contributed by atoms with Gasteiger partial charge in [-0.3, -0.25) is 0 Å². The molecule has 0 nitrogen and oxygen atoms in total. The topological polar surface area (TPSA) is 0 Å². The number of hydrogen-bond donors (Lipinski definition) is 0. The van der Waals surface area contributed by atoms with Crippen LogP contribution >= 0.6 is 0 Å². The van der Waals surface area contributed by atoms with Gasteiger partial charge in [-0.2, -0.15) is 13.2 Å². The molecule has 0 bridgehead atoms. The van der Waals surface area contributed by atoms with E-state index in [1.807, 2.05) is 0 Å². The van der Waals surface area contributed by atoms with Gasteiger partial charge in [-0.25, -0.2) is 0 Å². The molecule has 0 aromatic heterocycles. The fourth-order valence-corrected chi connectivity index (χ4v) is 1.42. The molecule has 1 rings (SSSR count). The number of alkyl halides is 3. The van der Waals surface area contributed by atoms with Crippen molar-refractivity contribution in [2.24, 2.45) is 0 Å². The molecule has 1 aromatic carbocycles. The van der Waals surface area contributed by atoms with Crippen LogP contribution in [0.3, 0.4) is 0 Å². The summed E-state index contributed by atoms with van der Waals surface area (Å²) in [5.74, 6) is 0. The molecule has 0 atom stereocenters. The number of halogens is 3. The summed E-state index contributed by atoms with van der Waals surface area (Å²) >= 11 is 0. The van der Waals surface area contributed by atoms with Crippen molar-refractivity contribution >= 4 is 5.57 Å². The van der Waals surface area contributed by atoms with Crippen LogP contribution in [0, 0.1) is 0 Å². The zero-order valence-electron chi connectivity index (χ0n) is 9.27. The van der Waals surface area contributed by atoms with Crippen LogP contribution in [0.4, 0.5) is 13.2 Å². The van der Waals surface area contributed by atoms with Gasteiger partial charge in [-0.15, -0.1) is 0 Å². The molecule has 0 saturated carbocycles. The van der Waals surface area contributed by atoms with Crippen molar-refractivity contribution in [1.82, 2.24) is 0 Å². The first kappa shape index (κ1) is 12.8. The van der Waals surface area contributed by atoms with E-state index in [9.17, 15) is 13.2 Å². The summed E-state index contributed by atoms with van der Waals surface area (Å²) in [6.07, 6.45) is -1.29. The van der Waals surface area contributed by atoms with Crippen LogP contribution in [0.2, 0.25) is 0 Å². The quantitative estimate of drug-likeness (QED) is 0.706. The van der Waals surface area contributed by atoms with Crippen LogP contribution in [0.5, 0.6) is 0 Å². The van der Waals surface area contributed by atoms with E-state index in [0.717, 1.165) is 24.8 Å². The van der Waals surface area contributed by atoms with Crippen LogP contribution < -0.4 is 0 Å². The molecule has 88 valence electrons. The maximum absolute atomic E-state index is 12.3. The zero-order valence-corrected chi connectivity index (χ0v) is 9.27. The predicted molar refractivity (Wildman–Crippen MR) is 60.1 cm³/mol. The Bertz CT molecular complexity index is 346. The smallest absolute Gasteiger partial charge is 0.166 e. The summed E-state index contributed by atoms with van der Waals surface area (Å²) in [4.78, 5) is 0. The molecule has 0 saturated heterocycles. The largest absolute Gasteiger partial charge is 0.416 e. The molecule has 0 fully saturated rings. The highest BCUT2D eigenvalue weighted by Crippen LogP contribution is 2.32. The zero-order chi connectivity index (χ0) is 12.2. The van der Waals surface area contributed by atoms with E-state index in [1.54, 1.807) is 12.1 Å². The van der Waals surface area contributed by atoms with Crippen molar-refractivity contribution < 1.29 is 13.2 Å². The lowest BCUT2D eigenvalue weighted by Gasteiger charge is -2.10. The molecule has 3 heteroatoms. The van der Waals surface area contributed by atoms with Gasteiger partial charge in [0.1, 0.15) is 0 Å². The second-order valence-electron chi connectivity index (χ2n) is 3.78. The van der Waals surface area contributed by atoms with Crippen molar-refractivity contribution in [3.8, 4) is 0 Å². The molecule has 0 spiro atoms. The molecule has 0 aliphatic carbocycles. The molecule has 0 radical (unpaired) electrons. The van der Waals surface area contributed by atoms with E-state index in [2.05, 4.69) is 13.5 Å². The Morgan fingerprint density at radius 2 is 1.75 bits per heavy atom. The predicted octanol–water partition coefficient (Wildman–Crippen LogP) is 4.60. The molecular weight excluding hydrogens is 213 g/mol. The highest BCUT2D eigenvalue weighted by atomic mass is 19.4. The SMILES string of the molecule is C=C(c1ccc(CCCC)cc1)C(F)(F)F. The molecule has 0 heterocycles. The Balaban J connectivity index is 2.75. The summed E-state index contributed by atoms with van der Waals surface area (Å²) in [5.41, 5.74) is 0.433. The van der Waals surface area contributed by atoms with Crippen molar-refractivity contribution in [2.75, 3.05) is 0 Å². The van der Waals surface area contributed by atoms with Gasteiger partial charge >= 0.3 is 6.18 Å². The minimum Gasteiger partial charge on any atom is -0.166 e. The van der Waals surface area contributed by atoms with Gasteiger partial charge in [-0.05, 0) is 24.0 Å². The lowest BCUT2D eigenvalue weighted by atomic mass is 10.0. The fraction of sp³-hybridized carbons (Fsp3) is 0.385. The van der Waals surface area contributed by atoms with Crippen molar-refractivity contribution in [1.29, 1.82) is 0 Å².